The van der Waals surface area contributed by atoms with E-state index in [0.29, 0.717) is 6.42 Å². The molecule has 0 bridgehead atoms. The highest BCUT2D eigenvalue weighted by Crippen LogP contribution is 2.28. The van der Waals surface area contributed by atoms with Crippen molar-refractivity contribution in [2.45, 2.75) is 44.6 Å². The van der Waals surface area contributed by atoms with Gasteiger partial charge in [-0.05, 0) is 38.5 Å². The maximum Gasteiger partial charge on any atom is 0.235 e. The van der Waals surface area contributed by atoms with Crippen molar-refractivity contribution in [1.82, 2.24) is 10.2 Å². The van der Waals surface area contributed by atoms with Gasteiger partial charge in [-0.15, -0.1) is 0 Å². The molecule has 1 saturated carbocycles. The van der Waals surface area contributed by atoms with Gasteiger partial charge in [0.15, 0.2) is 9.84 Å². The predicted octanol–water partition coefficient (Wildman–Crippen LogP) is 0.328. The van der Waals surface area contributed by atoms with E-state index in [1.54, 1.807) is 0 Å². The lowest BCUT2D eigenvalue weighted by atomic mass is 10.0. The lowest BCUT2D eigenvalue weighted by molar-refractivity contribution is -0.136. The normalized spacial score (nSPS) is 26.6. The number of hydrogen-bond acceptors (Lipinski definition) is 4. The van der Waals surface area contributed by atoms with Crippen molar-refractivity contribution in [3.63, 3.8) is 0 Å². The molecule has 120 valence electrons. The third-order valence-electron chi connectivity index (χ3n) is 4.21. The van der Waals surface area contributed by atoms with Gasteiger partial charge in [-0.3, -0.25) is 9.59 Å². The van der Waals surface area contributed by atoms with Crippen molar-refractivity contribution in [3.8, 4) is 0 Å². The fraction of sp³-hybridized carbons (Fsp3) is 0.857. The highest BCUT2D eigenvalue weighted by atomic mass is 32.2. The molecule has 2 rings (SSSR count). The molecular formula is C14H24N2O4S. The van der Waals surface area contributed by atoms with Crippen LogP contribution in [-0.2, 0) is 19.4 Å². The van der Waals surface area contributed by atoms with Crippen molar-refractivity contribution in [1.29, 1.82) is 0 Å². The fourth-order valence-electron chi connectivity index (χ4n) is 3.22. The van der Waals surface area contributed by atoms with E-state index < -0.39 is 21.5 Å². The SMILES string of the molecule is CS(=O)(=O)CC(=O)N[C@H]1CC[C@@H](C(=O)N2CCCCC2)C1. The Morgan fingerprint density at radius 1 is 1.14 bits per heavy atom. The zero-order valence-electron chi connectivity index (χ0n) is 12.5. The number of piperidine rings is 1. The van der Waals surface area contributed by atoms with Gasteiger partial charge in [0, 0.05) is 31.3 Å². The molecule has 0 aromatic rings. The van der Waals surface area contributed by atoms with Gasteiger partial charge in [0.2, 0.25) is 11.8 Å². The Labute approximate surface area is 126 Å². The number of nitrogens with zero attached hydrogens (tertiary/aromatic N) is 1. The average Bonchev–Trinajstić information content (AvgIpc) is 2.85. The molecule has 1 aliphatic heterocycles. The maximum atomic E-state index is 12.4. The van der Waals surface area contributed by atoms with Gasteiger partial charge < -0.3 is 10.2 Å². The molecule has 7 heteroatoms. The smallest absolute Gasteiger partial charge is 0.235 e. The zero-order chi connectivity index (χ0) is 15.5. The van der Waals surface area contributed by atoms with Crippen molar-refractivity contribution < 1.29 is 18.0 Å². The molecule has 2 amide bonds. The minimum absolute atomic E-state index is 0.0216. The molecule has 2 atom stereocenters. The monoisotopic (exact) mass is 316 g/mol. The summed E-state index contributed by atoms with van der Waals surface area (Å²) in [6.45, 7) is 1.70. The third-order valence-corrected chi connectivity index (χ3v) is 4.99. The fourth-order valence-corrected chi connectivity index (χ4v) is 3.78. The van der Waals surface area contributed by atoms with E-state index in [-0.39, 0.29) is 17.9 Å². The van der Waals surface area contributed by atoms with Crippen LogP contribution in [0.15, 0.2) is 0 Å². The lowest BCUT2D eigenvalue weighted by Crippen LogP contribution is -2.40. The van der Waals surface area contributed by atoms with Crippen LogP contribution in [0.5, 0.6) is 0 Å². The lowest BCUT2D eigenvalue weighted by Gasteiger charge is -2.29. The molecule has 0 aromatic heterocycles. The van der Waals surface area contributed by atoms with Gasteiger partial charge in [0.25, 0.3) is 0 Å². The van der Waals surface area contributed by atoms with Gasteiger partial charge in [0.1, 0.15) is 5.75 Å². The quantitative estimate of drug-likeness (QED) is 0.810. The molecule has 0 aromatic carbocycles. The summed E-state index contributed by atoms with van der Waals surface area (Å²) in [6, 6.07) is -0.0713. The second kappa shape index (κ2) is 6.77. The summed E-state index contributed by atoms with van der Waals surface area (Å²) in [4.78, 5) is 25.9. The first-order chi connectivity index (χ1) is 9.85. The first-order valence-electron chi connectivity index (χ1n) is 7.61. The summed E-state index contributed by atoms with van der Waals surface area (Å²) >= 11 is 0. The van der Waals surface area contributed by atoms with E-state index in [2.05, 4.69) is 5.32 Å². The van der Waals surface area contributed by atoms with Crippen LogP contribution in [0.4, 0.5) is 0 Å². The first-order valence-corrected chi connectivity index (χ1v) is 9.67. The average molecular weight is 316 g/mol. The Balaban J connectivity index is 1.80. The summed E-state index contributed by atoms with van der Waals surface area (Å²) in [7, 11) is -3.30. The highest BCUT2D eigenvalue weighted by molar-refractivity contribution is 7.91. The summed E-state index contributed by atoms with van der Waals surface area (Å²) in [5, 5.41) is 2.73. The topological polar surface area (TPSA) is 83.5 Å². The van der Waals surface area contributed by atoms with E-state index in [0.717, 1.165) is 45.0 Å². The van der Waals surface area contributed by atoms with Crippen molar-refractivity contribution >= 4 is 21.7 Å². The number of sulfone groups is 1. The largest absolute Gasteiger partial charge is 0.352 e. The highest BCUT2D eigenvalue weighted by Gasteiger charge is 2.33. The molecule has 2 fully saturated rings. The van der Waals surface area contributed by atoms with Crippen LogP contribution in [0.1, 0.15) is 38.5 Å². The molecule has 1 saturated heterocycles. The van der Waals surface area contributed by atoms with Crippen LogP contribution in [-0.4, -0.2) is 56.3 Å². The molecule has 21 heavy (non-hydrogen) atoms. The van der Waals surface area contributed by atoms with Crippen LogP contribution in [0.3, 0.4) is 0 Å². The van der Waals surface area contributed by atoms with Gasteiger partial charge in [-0.25, -0.2) is 8.42 Å². The van der Waals surface area contributed by atoms with Crippen LogP contribution in [0, 0.1) is 5.92 Å². The first kappa shape index (κ1) is 16.3. The van der Waals surface area contributed by atoms with Crippen molar-refractivity contribution in [3.05, 3.63) is 0 Å². The zero-order valence-corrected chi connectivity index (χ0v) is 13.3. The minimum atomic E-state index is -3.30. The summed E-state index contributed by atoms with van der Waals surface area (Å²) < 4.78 is 22.1. The third kappa shape index (κ3) is 4.98. The van der Waals surface area contributed by atoms with E-state index in [9.17, 15) is 18.0 Å². The molecule has 1 N–H and O–H groups in total. The van der Waals surface area contributed by atoms with Crippen molar-refractivity contribution in [2.75, 3.05) is 25.1 Å². The number of carbonyl (C=O) groups is 2. The van der Waals surface area contributed by atoms with Crippen LogP contribution >= 0.6 is 0 Å². The number of nitrogens with one attached hydrogen (secondary N) is 1. The number of carbonyl (C=O) groups excluding carboxylic acids is 2. The van der Waals surface area contributed by atoms with Crippen LogP contribution in [0.2, 0.25) is 0 Å². The summed E-state index contributed by atoms with van der Waals surface area (Å²) in [6.07, 6.45) is 6.55. The number of hydrogen-bond donors (Lipinski definition) is 1. The molecular weight excluding hydrogens is 292 g/mol. The maximum absolute atomic E-state index is 12.4. The Morgan fingerprint density at radius 3 is 2.43 bits per heavy atom. The van der Waals surface area contributed by atoms with Crippen LogP contribution in [0.25, 0.3) is 0 Å². The second-order valence-electron chi connectivity index (χ2n) is 6.23. The second-order valence-corrected chi connectivity index (χ2v) is 8.37. The number of amides is 2. The van der Waals surface area contributed by atoms with Gasteiger partial charge in [-0.2, -0.15) is 0 Å². The number of likely N-dealkylation sites (tertiary alicyclic amines) is 1. The Hall–Kier alpha value is -1.11. The standard InChI is InChI=1S/C14H24N2O4S/c1-21(19,20)10-13(17)15-12-6-5-11(9-12)14(18)16-7-3-2-4-8-16/h11-12H,2-10H2,1H3,(H,15,17)/t11-,12+/m1/s1. The number of rotatable bonds is 4. The Bertz CT molecular complexity index is 497. The molecule has 0 spiro atoms. The van der Waals surface area contributed by atoms with E-state index >= 15 is 0 Å². The van der Waals surface area contributed by atoms with Gasteiger partial charge in [-0.1, -0.05) is 0 Å². The molecule has 2 aliphatic rings. The van der Waals surface area contributed by atoms with E-state index in [1.165, 1.54) is 6.42 Å². The molecule has 1 heterocycles. The summed E-state index contributed by atoms with van der Waals surface area (Å²) in [5.41, 5.74) is 0. The Morgan fingerprint density at radius 2 is 1.81 bits per heavy atom. The molecule has 6 nitrogen and oxygen atoms in total. The minimum Gasteiger partial charge on any atom is -0.352 e. The predicted molar refractivity (Wildman–Crippen MR) is 79.4 cm³/mol. The van der Waals surface area contributed by atoms with Gasteiger partial charge in [0.05, 0.1) is 0 Å². The van der Waals surface area contributed by atoms with Gasteiger partial charge >= 0.3 is 0 Å². The van der Waals surface area contributed by atoms with Crippen LogP contribution < -0.4 is 5.32 Å². The van der Waals surface area contributed by atoms with E-state index in [4.69, 9.17) is 0 Å². The Kier molecular flexibility index (Phi) is 5.24. The van der Waals surface area contributed by atoms with Crippen molar-refractivity contribution in [2.24, 2.45) is 5.92 Å². The van der Waals surface area contributed by atoms with E-state index in [1.807, 2.05) is 4.90 Å². The molecule has 0 radical (unpaired) electrons. The molecule has 1 aliphatic carbocycles. The summed E-state index contributed by atoms with van der Waals surface area (Å²) in [5.74, 6) is -0.761. The molecule has 0 unspecified atom stereocenters.